The second kappa shape index (κ2) is 7.37. The highest BCUT2D eigenvalue weighted by Crippen LogP contribution is 2.45. The molecule has 1 saturated heterocycles. The van der Waals surface area contributed by atoms with Crippen molar-refractivity contribution < 1.29 is 0 Å². The van der Waals surface area contributed by atoms with Crippen LogP contribution < -0.4 is 5.32 Å². The molecule has 5 nitrogen and oxygen atoms in total. The summed E-state index contributed by atoms with van der Waals surface area (Å²) in [6, 6.07) is 0. The molecule has 0 aromatic carbocycles. The summed E-state index contributed by atoms with van der Waals surface area (Å²) in [7, 11) is 1.97. The van der Waals surface area contributed by atoms with Gasteiger partial charge in [-0.05, 0) is 50.0 Å². The SMILES string of the molecule is CCNC(=NCCCc1cnn(C)c1)N1CCC2(CCCC2)C1. The van der Waals surface area contributed by atoms with Crippen molar-refractivity contribution in [2.75, 3.05) is 26.2 Å². The van der Waals surface area contributed by atoms with Crippen LogP contribution in [0.3, 0.4) is 0 Å². The summed E-state index contributed by atoms with van der Waals surface area (Å²) in [6.45, 7) is 6.38. The van der Waals surface area contributed by atoms with E-state index in [1.807, 2.05) is 17.9 Å². The minimum Gasteiger partial charge on any atom is -0.357 e. The molecule has 1 N–H and O–H groups in total. The third-order valence-corrected chi connectivity index (χ3v) is 5.38. The summed E-state index contributed by atoms with van der Waals surface area (Å²) in [5, 5.41) is 7.72. The number of hydrogen-bond donors (Lipinski definition) is 1. The van der Waals surface area contributed by atoms with Gasteiger partial charge in [0.15, 0.2) is 5.96 Å². The molecule has 2 fully saturated rings. The fourth-order valence-electron chi connectivity index (χ4n) is 4.14. The van der Waals surface area contributed by atoms with Crippen molar-refractivity contribution in [1.29, 1.82) is 0 Å². The minimum atomic E-state index is 0.603. The van der Waals surface area contributed by atoms with E-state index in [-0.39, 0.29) is 0 Å². The van der Waals surface area contributed by atoms with Crippen LogP contribution in [0.25, 0.3) is 0 Å². The third-order valence-electron chi connectivity index (χ3n) is 5.38. The minimum absolute atomic E-state index is 0.603. The van der Waals surface area contributed by atoms with Crippen molar-refractivity contribution in [2.24, 2.45) is 17.5 Å². The number of likely N-dealkylation sites (tertiary alicyclic amines) is 1. The smallest absolute Gasteiger partial charge is 0.193 e. The molecule has 3 rings (SSSR count). The van der Waals surface area contributed by atoms with Crippen LogP contribution in [0.2, 0.25) is 0 Å². The topological polar surface area (TPSA) is 45.5 Å². The van der Waals surface area contributed by atoms with Crippen LogP contribution >= 0.6 is 0 Å². The van der Waals surface area contributed by atoms with Gasteiger partial charge in [0.05, 0.1) is 6.20 Å². The second-order valence-corrected chi connectivity index (χ2v) is 7.24. The van der Waals surface area contributed by atoms with Gasteiger partial charge in [-0.2, -0.15) is 5.10 Å². The molecule has 1 aromatic rings. The number of nitrogens with zero attached hydrogens (tertiary/aromatic N) is 4. The zero-order valence-corrected chi connectivity index (χ0v) is 14.7. The number of aliphatic imine (C=N–C) groups is 1. The van der Waals surface area contributed by atoms with Crippen LogP contribution in [-0.4, -0.2) is 46.8 Å². The molecule has 1 aromatic heterocycles. The molecule has 23 heavy (non-hydrogen) atoms. The lowest BCUT2D eigenvalue weighted by molar-refractivity contribution is 0.309. The molecule has 1 aliphatic heterocycles. The first-order chi connectivity index (χ1) is 11.2. The van der Waals surface area contributed by atoms with Crippen LogP contribution in [0.15, 0.2) is 17.4 Å². The van der Waals surface area contributed by atoms with Gasteiger partial charge in [0.25, 0.3) is 0 Å². The number of nitrogens with one attached hydrogen (secondary N) is 1. The zero-order valence-electron chi connectivity index (χ0n) is 14.7. The van der Waals surface area contributed by atoms with Gasteiger partial charge in [-0.15, -0.1) is 0 Å². The van der Waals surface area contributed by atoms with E-state index in [9.17, 15) is 0 Å². The summed E-state index contributed by atoms with van der Waals surface area (Å²) < 4.78 is 1.87. The van der Waals surface area contributed by atoms with Crippen LogP contribution in [0.5, 0.6) is 0 Å². The van der Waals surface area contributed by atoms with Crippen molar-refractivity contribution >= 4 is 5.96 Å². The maximum atomic E-state index is 4.88. The first-order valence-corrected chi connectivity index (χ1v) is 9.22. The molecule has 2 aliphatic rings. The quantitative estimate of drug-likeness (QED) is 0.516. The van der Waals surface area contributed by atoms with Crippen LogP contribution in [-0.2, 0) is 13.5 Å². The first-order valence-electron chi connectivity index (χ1n) is 9.22. The number of rotatable bonds is 5. The van der Waals surface area contributed by atoms with E-state index in [1.165, 1.54) is 50.8 Å². The summed E-state index contributed by atoms with van der Waals surface area (Å²) in [4.78, 5) is 7.38. The largest absolute Gasteiger partial charge is 0.357 e. The Morgan fingerprint density at radius 1 is 1.35 bits per heavy atom. The number of guanidine groups is 1. The van der Waals surface area contributed by atoms with Crippen molar-refractivity contribution in [2.45, 2.75) is 51.9 Å². The second-order valence-electron chi connectivity index (χ2n) is 7.24. The standard InChI is InChI=1S/C18H31N5/c1-3-19-17(20-11-6-7-16-13-21-22(2)14-16)23-12-10-18(15-23)8-4-5-9-18/h13-14H,3-12,15H2,1-2H3,(H,19,20). The van der Waals surface area contributed by atoms with E-state index >= 15 is 0 Å². The Balaban J connectivity index is 1.51. The molecule has 1 aliphatic carbocycles. The number of hydrogen-bond acceptors (Lipinski definition) is 2. The van der Waals surface area contributed by atoms with Gasteiger partial charge in [0.2, 0.25) is 0 Å². The van der Waals surface area contributed by atoms with E-state index in [1.54, 1.807) is 0 Å². The average Bonchev–Trinajstić information content (AvgIpc) is 3.26. The van der Waals surface area contributed by atoms with Gasteiger partial charge >= 0.3 is 0 Å². The molecule has 0 bridgehead atoms. The molecular weight excluding hydrogens is 286 g/mol. The van der Waals surface area contributed by atoms with Gasteiger partial charge in [-0.25, -0.2) is 0 Å². The Bertz CT molecular complexity index is 527. The maximum Gasteiger partial charge on any atom is 0.193 e. The van der Waals surface area contributed by atoms with Gasteiger partial charge in [-0.1, -0.05) is 12.8 Å². The summed E-state index contributed by atoms with van der Waals surface area (Å²) in [5.74, 6) is 1.13. The Morgan fingerprint density at radius 2 is 2.17 bits per heavy atom. The third kappa shape index (κ3) is 4.06. The lowest BCUT2D eigenvalue weighted by Gasteiger charge is -2.26. The van der Waals surface area contributed by atoms with Crippen molar-refractivity contribution in [3.05, 3.63) is 18.0 Å². The van der Waals surface area contributed by atoms with E-state index < -0.39 is 0 Å². The van der Waals surface area contributed by atoms with E-state index in [4.69, 9.17) is 4.99 Å². The average molecular weight is 317 g/mol. The zero-order chi connectivity index (χ0) is 16.1. The Morgan fingerprint density at radius 3 is 2.87 bits per heavy atom. The lowest BCUT2D eigenvalue weighted by Crippen LogP contribution is -2.41. The van der Waals surface area contributed by atoms with E-state index in [0.29, 0.717) is 5.41 Å². The molecule has 0 unspecified atom stereocenters. The summed E-state index contributed by atoms with van der Waals surface area (Å²) >= 11 is 0. The van der Waals surface area contributed by atoms with Crippen molar-refractivity contribution in [3.8, 4) is 0 Å². The molecule has 5 heteroatoms. The Hall–Kier alpha value is -1.52. The fraction of sp³-hybridized carbons (Fsp3) is 0.778. The molecule has 1 saturated carbocycles. The Labute approximate surface area is 140 Å². The highest BCUT2D eigenvalue weighted by atomic mass is 15.3. The molecule has 0 amide bonds. The summed E-state index contributed by atoms with van der Waals surface area (Å²) in [5.41, 5.74) is 1.91. The summed E-state index contributed by atoms with van der Waals surface area (Å²) in [6.07, 6.45) is 13.2. The van der Waals surface area contributed by atoms with Crippen molar-refractivity contribution in [3.63, 3.8) is 0 Å². The maximum absolute atomic E-state index is 4.88. The van der Waals surface area contributed by atoms with Gasteiger partial charge in [0.1, 0.15) is 0 Å². The van der Waals surface area contributed by atoms with Crippen LogP contribution in [0, 0.1) is 5.41 Å². The number of aryl methyl sites for hydroxylation is 2. The predicted octanol–water partition coefficient (Wildman–Crippen LogP) is 2.58. The van der Waals surface area contributed by atoms with Crippen molar-refractivity contribution in [1.82, 2.24) is 20.0 Å². The predicted molar refractivity (Wildman–Crippen MR) is 94.6 cm³/mol. The first kappa shape index (κ1) is 16.3. The van der Waals surface area contributed by atoms with Crippen LogP contribution in [0.4, 0.5) is 0 Å². The molecule has 128 valence electrons. The molecular formula is C18H31N5. The molecule has 2 heterocycles. The van der Waals surface area contributed by atoms with Gasteiger partial charge in [-0.3, -0.25) is 9.67 Å². The Kier molecular flexibility index (Phi) is 5.23. The molecule has 1 spiro atoms. The number of aromatic nitrogens is 2. The van der Waals surface area contributed by atoms with Gasteiger partial charge in [0, 0.05) is 39.4 Å². The van der Waals surface area contributed by atoms with Gasteiger partial charge < -0.3 is 10.2 Å². The molecule has 0 radical (unpaired) electrons. The van der Waals surface area contributed by atoms with E-state index in [0.717, 1.165) is 31.9 Å². The fourth-order valence-corrected chi connectivity index (χ4v) is 4.14. The molecule has 0 atom stereocenters. The van der Waals surface area contributed by atoms with E-state index in [2.05, 4.69) is 28.4 Å². The normalized spacial score (nSPS) is 20.6. The monoisotopic (exact) mass is 317 g/mol. The lowest BCUT2D eigenvalue weighted by atomic mass is 9.86. The highest BCUT2D eigenvalue weighted by Gasteiger charge is 2.40. The van der Waals surface area contributed by atoms with Crippen LogP contribution in [0.1, 0.15) is 51.0 Å². The highest BCUT2D eigenvalue weighted by molar-refractivity contribution is 5.80.